The SMILES string of the molecule is CCOc1ccc(S(=O)(=O)N2CCC[C@H](C(=O)Nc3cc(S(=O)(=O)NC)ccc3C)C2)cc1Cl. The fourth-order valence-corrected chi connectivity index (χ4v) is 6.30. The Morgan fingerprint density at radius 3 is 2.50 bits per heavy atom. The minimum absolute atomic E-state index is 0.00650. The van der Waals surface area contributed by atoms with Gasteiger partial charge in [0.1, 0.15) is 5.75 Å². The van der Waals surface area contributed by atoms with E-state index in [4.69, 9.17) is 16.3 Å². The van der Waals surface area contributed by atoms with E-state index in [9.17, 15) is 21.6 Å². The Morgan fingerprint density at radius 1 is 1.15 bits per heavy atom. The van der Waals surface area contributed by atoms with Gasteiger partial charge < -0.3 is 10.1 Å². The highest BCUT2D eigenvalue weighted by Gasteiger charge is 2.34. The molecule has 1 fully saturated rings. The summed E-state index contributed by atoms with van der Waals surface area (Å²) in [5.74, 6) is -0.561. The molecule has 9 nitrogen and oxygen atoms in total. The molecule has 0 spiro atoms. The van der Waals surface area contributed by atoms with E-state index < -0.39 is 26.0 Å². The van der Waals surface area contributed by atoms with Crippen LogP contribution in [-0.4, -0.2) is 53.8 Å². The normalized spacial score (nSPS) is 17.4. The van der Waals surface area contributed by atoms with Crippen molar-refractivity contribution in [3.05, 3.63) is 47.0 Å². The number of rotatable bonds is 8. The van der Waals surface area contributed by atoms with Crippen LogP contribution in [0.3, 0.4) is 0 Å². The summed E-state index contributed by atoms with van der Waals surface area (Å²) in [4.78, 5) is 13.0. The number of nitrogens with one attached hydrogen (secondary N) is 2. The van der Waals surface area contributed by atoms with Crippen LogP contribution in [0.15, 0.2) is 46.2 Å². The average molecular weight is 530 g/mol. The summed E-state index contributed by atoms with van der Waals surface area (Å²) < 4.78 is 59.5. The molecule has 0 aromatic heterocycles. The molecule has 0 unspecified atom stereocenters. The summed E-state index contributed by atoms with van der Waals surface area (Å²) in [6, 6.07) is 8.75. The number of halogens is 1. The van der Waals surface area contributed by atoms with E-state index >= 15 is 0 Å². The predicted octanol–water partition coefficient (Wildman–Crippen LogP) is 2.99. The molecule has 1 aliphatic heterocycles. The van der Waals surface area contributed by atoms with Crippen molar-refractivity contribution in [2.24, 2.45) is 5.92 Å². The second-order valence-corrected chi connectivity index (χ2v) is 12.1. The zero-order chi connectivity index (χ0) is 25.1. The van der Waals surface area contributed by atoms with Crippen molar-refractivity contribution >= 4 is 43.2 Å². The second-order valence-electron chi connectivity index (χ2n) is 7.90. The van der Waals surface area contributed by atoms with Gasteiger partial charge in [0.2, 0.25) is 26.0 Å². The maximum atomic E-state index is 13.2. The number of aryl methyl sites for hydroxylation is 1. The molecule has 0 radical (unpaired) electrons. The van der Waals surface area contributed by atoms with E-state index in [1.165, 1.54) is 41.7 Å². The van der Waals surface area contributed by atoms with Gasteiger partial charge in [-0.15, -0.1) is 0 Å². The van der Waals surface area contributed by atoms with E-state index in [2.05, 4.69) is 10.0 Å². The highest BCUT2D eigenvalue weighted by atomic mass is 35.5. The summed E-state index contributed by atoms with van der Waals surface area (Å²) in [6.07, 6.45) is 1.02. The van der Waals surface area contributed by atoms with Gasteiger partial charge in [-0.05, 0) is 69.6 Å². The van der Waals surface area contributed by atoms with Gasteiger partial charge in [-0.3, -0.25) is 4.79 Å². The molecule has 1 atom stereocenters. The average Bonchev–Trinajstić information content (AvgIpc) is 2.81. The van der Waals surface area contributed by atoms with Gasteiger partial charge in [0.15, 0.2) is 0 Å². The Morgan fingerprint density at radius 2 is 1.85 bits per heavy atom. The Balaban J connectivity index is 1.78. The number of sulfonamides is 2. The maximum absolute atomic E-state index is 13.2. The molecule has 0 saturated carbocycles. The smallest absolute Gasteiger partial charge is 0.243 e. The Hall–Kier alpha value is -2.18. The zero-order valence-electron chi connectivity index (χ0n) is 19.2. The van der Waals surface area contributed by atoms with E-state index in [0.29, 0.717) is 36.4 Å². The number of amides is 1. The number of benzene rings is 2. The first-order chi connectivity index (χ1) is 16.0. The van der Waals surface area contributed by atoms with Crippen LogP contribution in [0.2, 0.25) is 5.02 Å². The lowest BCUT2D eigenvalue weighted by Crippen LogP contribution is -2.43. The maximum Gasteiger partial charge on any atom is 0.243 e. The molecule has 0 aliphatic carbocycles. The molecular weight excluding hydrogens is 502 g/mol. The Labute approximate surface area is 205 Å². The van der Waals surface area contributed by atoms with Crippen molar-refractivity contribution in [3.8, 4) is 5.75 Å². The van der Waals surface area contributed by atoms with Crippen LogP contribution in [0.5, 0.6) is 5.75 Å². The van der Waals surface area contributed by atoms with Gasteiger partial charge in [-0.1, -0.05) is 17.7 Å². The summed E-state index contributed by atoms with van der Waals surface area (Å²) in [5, 5.41) is 2.96. The quantitative estimate of drug-likeness (QED) is 0.542. The molecule has 1 amide bonds. The number of ether oxygens (including phenoxy) is 1. The molecular formula is C22H28ClN3O6S2. The molecule has 0 bridgehead atoms. The first-order valence-electron chi connectivity index (χ1n) is 10.8. The lowest BCUT2D eigenvalue weighted by Gasteiger charge is -2.31. The van der Waals surface area contributed by atoms with Gasteiger partial charge in [0, 0.05) is 18.8 Å². The van der Waals surface area contributed by atoms with E-state index in [0.717, 1.165) is 0 Å². The molecule has 3 rings (SSSR count). The molecule has 1 saturated heterocycles. The van der Waals surface area contributed by atoms with E-state index in [1.54, 1.807) is 19.9 Å². The van der Waals surface area contributed by atoms with Crippen molar-refractivity contribution in [1.82, 2.24) is 9.03 Å². The summed E-state index contributed by atoms with van der Waals surface area (Å²) in [7, 11) is -6.24. The number of nitrogens with zero attached hydrogens (tertiary/aromatic N) is 1. The molecule has 186 valence electrons. The standard InChI is InChI=1S/C22H28ClN3O6S2/c1-4-32-21-10-9-18(12-19(21)23)34(30,31)26-11-5-6-16(14-26)22(27)25-20-13-17(8-7-15(20)2)33(28,29)24-3/h7-10,12-13,16,24H,4-6,11,14H2,1-3H3,(H,25,27)/t16-/m0/s1. The topological polar surface area (TPSA) is 122 Å². The third kappa shape index (κ3) is 5.72. The van der Waals surface area contributed by atoms with Crippen LogP contribution >= 0.6 is 11.6 Å². The van der Waals surface area contributed by atoms with Crippen LogP contribution in [0.4, 0.5) is 5.69 Å². The van der Waals surface area contributed by atoms with Crippen LogP contribution in [0, 0.1) is 12.8 Å². The monoisotopic (exact) mass is 529 g/mol. The second kappa shape index (κ2) is 10.6. The summed E-state index contributed by atoms with van der Waals surface area (Å²) in [5.41, 5.74) is 1.05. The van der Waals surface area contributed by atoms with E-state index in [-0.39, 0.29) is 33.8 Å². The fraction of sp³-hybridized carbons (Fsp3) is 0.409. The first-order valence-corrected chi connectivity index (χ1v) is 14.1. The zero-order valence-corrected chi connectivity index (χ0v) is 21.6. The molecule has 12 heteroatoms. The largest absolute Gasteiger partial charge is 0.492 e. The number of carbonyl (C=O) groups excluding carboxylic acids is 1. The van der Waals surface area contributed by atoms with Gasteiger partial charge in [-0.25, -0.2) is 21.6 Å². The van der Waals surface area contributed by atoms with Crippen LogP contribution in [-0.2, 0) is 24.8 Å². The van der Waals surface area contributed by atoms with Crippen LogP contribution in [0.25, 0.3) is 0 Å². The predicted molar refractivity (Wildman–Crippen MR) is 130 cm³/mol. The molecule has 1 aliphatic rings. The Bertz CT molecular complexity index is 1280. The third-order valence-corrected chi connectivity index (χ3v) is 9.21. The van der Waals surface area contributed by atoms with Crippen molar-refractivity contribution in [2.45, 2.75) is 36.5 Å². The number of anilines is 1. The number of hydrogen-bond donors (Lipinski definition) is 2. The number of piperidine rings is 1. The highest BCUT2D eigenvalue weighted by Crippen LogP contribution is 2.31. The summed E-state index contributed by atoms with van der Waals surface area (Å²) >= 11 is 6.17. The first kappa shape index (κ1) is 26.4. The van der Waals surface area contributed by atoms with Gasteiger partial charge >= 0.3 is 0 Å². The molecule has 34 heavy (non-hydrogen) atoms. The van der Waals surface area contributed by atoms with Crippen molar-refractivity contribution < 1.29 is 26.4 Å². The minimum atomic E-state index is -3.87. The van der Waals surface area contributed by atoms with E-state index in [1.807, 2.05) is 0 Å². The van der Waals surface area contributed by atoms with Gasteiger partial charge in [0.25, 0.3) is 0 Å². The number of hydrogen-bond acceptors (Lipinski definition) is 6. The molecule has 2 aromatic rings. The van der Waals surface area contributed by atoms with Crippen molar-refractivity contribution in [3.63, 3.8) is 0 Å². The van der Waals surface area contributed by atoms with Crippen LogP contribution < -0.4 is 14.8 Å². The molecule has 2 aromatic carbocycles. The number of carbonyl (C=O) groups is 1. The lowest BCUT2D eigenvalue weighted by molar-refractivity contribution is -0.120. The van der Waals surface area contributed by atoms with Gasteiger partial charge in [-0.2, -0.15) is 4.31 Å². The molecule has 2 N–H and O–H groups in total. The van der Waals surface area contributed by atoms with Crippen molar-refractivity contribution in [1.29, 1.82) is 0 Å². The third-order valence-electron chi connectivity index (χ3n) is 5.64. The van der Waals surface area contributed by atoms with Crippen molar-refractivity contribution in [2.75, 3.05) is 32.1 Å². The van der Waals surface area contributed by atoms with Gasteiger partial charge in [0.05, 0.1) is 27.3 Å². The minimum Gasteiger partial charge on any atom is -0.492 e. The van der Waals surface area contributed by atoms with Crippen LogP contribution in [0.1, 0.15) is 25.3 Å². The lowest BCUT2D eigenvalue weighted by atomic mass is 9.98. The molecule has 1 heterocycles. The fourth-order valence-electron chi connectivity index (χ4n) is 3.69. The highest BCUT2D eigenvalue weighted by molar-refractivity contribution is 7.89. The summed E-state index contributed by atoms with van der Waals surface area (Å²) in [6.45, 7) is 4.24. The Kier molecular flexibility index (Phi) is 8.25.